The number of benzene rings is 1. The third-order valence-corrected chi connectivity index (χ3v) is 5.28. The van der Waals surface area contributed by atoms with Gasteiger partial charge in [-0.15, -0.1) is 0 Å². The monoisotopic (exact) mass is 393 g/mol. The van der Waals surface area contributed by atoms with Crippen LogP contribution in [-0.4, -0.2) is 11.6 Å². The van der Waals surface area contributed by atoms with Gasteiger partial charge in [-0.1, -0.05) is 77.0 Å². The predicted octanol–water partition coefficient (Wildman–Crippen LogP) is 8.17. The fraction of sp³-hybridized carbons (Fsp3) is 0.519. The van der Waals surface area contributed by atoms with E-state index in [1.807, 2.05) is 18.3 Å². The summed E-state index contributed by atoms with van der Waals surface area (Å²) in [6, 6.07) is 12.6. The smallest absolute Gasteiger partial charge is 0.119 e. The summed E-state index contributed by atoms with van der Waals surface area (Å²) < 4.78 is 5.79. The molecule has 2 aromatic rings. The van der Waals surface area contributed by atoms with Crippen LogP contribution in [0.25, 0.3) is 11.3 Å². The summed E-state index contributed by atoms with van der Waals surface area (Å²) >= 11 is 0. The van der Waals surface area contributed by atoms with Gasteiger partial charge in [0, 0.05) is 11.8 Å². The second-order valence-corrected chi connectivity index (χ2v) is 7.87. The molecule has 1 heterocycles. The molecule has 2 heteroatoms. The summed E-state index contributed by atoms with van der Waals surface area (Å²) in [5.41, 5.74) is 3.51. The van der Waals surface area contributed by atoms with E-state index in [0.29, 0.717) is 6.61 Å². The first kappa shape index (κ1) is 23.2. The molecule has 0 N–H and O–H groups in total. The maximum Gasteiger partial charge on any atom is 0.119 e. The topological polar surface area (TPSA) is 22.1 Å². The lowest BCUT2D eigenvalue weighted by atomic mass is 10.1. The molecule has 29 heavy (non-hydrogen) atoms. The minimum atomic E-state index is 0.636. The number of rotatable bonds is 15. The molecule has 0 aliphatic heterocycles. The van der Waals surface area contributed by atoms with E-state index in [4.69, 9.17) is 4.74 Å². The van der Waals surface area contributed by atoms with Gasteiger partial charge >= 0.3 is 0 Å². The van der Waals surface area contributed by atoms with Crippen molar-refractivity contribution in [2.45, 2.75) is 84.5 Å². The molecule has 0 unspecified atom stereocenters. The fourth-order valence-electron chi connectivity index (χ4n) is 3.42. The molecule has 0 saturated heterocycles. The molecule has 0 fully saturated rings. The van der Waals surface area contributed by atoms with E-state index >= 15 is 0 Å². The Labute approximate surface area is 178 Å². The van der Waals surface area contributed by atoms with Crippen molar-refractivity contribution in [1.82, 2.24) is 4.98 Å². The number of aromatic nitrogens is 1. The molecule has 0 atom stereocenters. The number of aryl methyl sites for hydroxylation is 1. The quantitative estimate of drug-likeness (QED) is 0.225. The standard InChI is InChI=1S/C27H39NO/c1-3-5-7-9-11-13-15-24-16-21-27(28-23-24)25-17-19-26(20-18-25)29-22-14-12-10-8-6-4-2/h12,14,16-21,23H,3-11,13,15,22H2,1-2H3/b14-12+. The average molecular weight is 394 g/mol. The molecular formula is C27H39NO. The van der Waals surface area contributed by atoms with Gasteiger partial charge in [-0.3, -0.25) is 4.98 Å². The van der Waals surface area contributed by atoms with Crippen molar-refractivity contribution in [3.05, 3.63) is 60.3 Å². The van der Waals surface area contributed by atoms with Crippen molar-refractivity contribution < 1.29 is 4.74 Å². The first-order chi connectivity index (χ1) is 14.3. The Morgan fingerprint density at radius 3 is 2.21 bits per heavy atom. The Kier molecular flexibility index (Phi) is 11.9. The fourth-order valence-corrected chi connectivity index (χ4v) is 3.42. The highest BCUT2D eigenvalue weighted by Crippen LogP contribution is 2.21. The molecule has 0 aliphatic rings. The molecule has 1 aromatic heterocycles. The Bertz CT molecular complexity index is 673. The molecule has 0 radical (unpaired) electrons. The van der Waals surface area contributed by atoms with Crippen LogP contribution in [0.15, 0.2) is 54.7 Å². The number of allylic oxidation sites excluding steroid dienone is 1. The third kappa shape index (κ3) is 9.78. The van der Waals surface area contributed by atoms with Crippen LogP contribution in [0.5, 0.6) is 5.75 Å². The summed E-state index contributed by atoms with van der Waals surface area (Å²) in [6.45, 7) is 5.13. The van der Waals surface area contributed by atoms with Crippen LogP contribution in [0, 0.1) is 0 Å². The van der Waals surface area contributed by atoms with Gasteiger partial charge in [0.15, 0.2) is 0 Å². The van der Waals surface area contributed by atoms with Gasteiger partial charge in [-0.25, -0.2) is 0 Å². The number of ether oxygens (including phenoxy) is 1. The Morgan fingerprint density at radius 2 is 1.48 bits per heavy atom. The van der Waals surface area contributed by atoms with E-state index in [2.05, 4.69) is 55.2 Å². The summed E-state index contributed by atoms with van der Waals surface area (Å²) in [5, 5.41) is 0. The molecule has 1 aromatic carbocycles. The van der Waals surface area contributed by atoms with Crippen LogP contribution >= 0.6 is 0 Å². The number of hydrogen-bond acceptors (Lipinski definition) is 2. The first-order valence-electron chi connectivity index (χ1n) is 11.7. The maximum atomic E-state index is 5.79. The van der Waals surface area contributed by atoms with Crippen LogP contribution in [0.2, 0.25) is 0 Å². The molecule has 2 rings (SSSR count). The van der Waals surface area contributed by atoms with Gasteiger partial charge in [0.25, 0.3) is 0 Å². The van der Waals surface area contributed by atoms with Gasteiger partial charge in [-0.2, -0.15) is 0 Å². The van der Waals surface area contributed by atoms with E-state index in [9.17, 15) is 0 Å². The van der Waals surface area contributed by atoms with Crippen molar-refractivity contribution in [3.8, 4) is 17.0 Å². The summed E-state index contributed by atoms with van der Waals surface area (Å²) in [7, 11) is 0. The number of pyridine rings is 1. The second kappa shape index (κ2) is 14.8. The molecule has 0 amide bonds. The van der Waals surface area contributed by atoms with E-state index < -0.39 is 0 Å². The van der Waals surface area contributed by atoms with Crippen molar-refractivity contribution in [3.63, 3.8) is 0 Å². The van der Waals surface area contributed by atoms with Crippen LogP contribution in [0.3, 0.4) is 0 Å². The lowest BCUT2D eigenvalue weighted by Gasteiger charge is -2.06. The van der Waals surface area contributed by atoms with Crippen LogP contribution in [-0.2, 0) is 6.42 Å². The molecule has 0 spiro atoms. The lowest BCUT2D eigenvalue weighted by Crippen LogP contribution is -1.93. The SMILES string of the molecule is CCCCC/C=C/COc1ccc(-c2ccc(CCCCCCCC)cn2)cc1. The number of hydrogen-bond donors (Lipinski definition) is 0. The highest BCUT2D eigenvalue weighted by atomic mass is 16.5. The highest BCUT2D eigenvalue weighted by molar-refractivity contribution is 5.60. The molecule has 0 saturated carbocycles. The lowest BCUT2D eigenvalue weighted by molar-refractivity contribution is 0.362. The number of nitrogens with zero attached hydrogens (tertiary/aromatic N) is 1. The molecule has 2 nitrogen and oxygen atoms in total. The van der Waals surface area contributed by atoms with Crippen molar-refractivity contribution in [2.24, 2.45) is 0 Å². The minimum absolute atomic E-state index is 0.636. The maximum absolute atomic E-state index is 5.79. The van der Waals surface area contributed by atoms with Crippen LogP contribution in [0.1, 0.15) is 83.6 Å². The highest BCUT2D eigenvalue weighted by Gasteiger charge is 2.01. The van der Waals surface area contributed by atoms with E-state index in [1.165, 1.54) is 63.4 Å². The zero-order valence-electron chi connectivity index (χ0n) is 18.5. The Balaban J connectivity index is 1.72. The molecule has 158 valence electrons. The normalized spacial score (nSPS) is 11.2. The summed E-state index contributed by atoms with van der Waals surface area (Å²) in [5.74, 6) is 0.909. The Hall–Kier alpha value is -2.09. The second-order valence-electron chi connectivity index (χ2n) is 7.87. The third-order valence-electron chi connectivity index (χ3n) is 5.28. The van der Waals surface area contributed by atoms with E-state index in [-0.39, 0.29) is 0 Å². The van der Waals surface area contributed by atoms with Gasteiger partial charge in [0.1, 0.15) is 12.4 Å². The van der Waals surface area contributed by atoms with E-state index in [0.717, 1.165) is 29.8 Å². The zero-order chi connectivity index (χ0) is 20.6. The van der Waals surface area contributed by atoms with Gasteiger partial charge in [-0.05, 0) is 61.6 Å². The predicted molar refractivity (Wildman–Crippen MR) is 126 cm³/mol. The van der Waals surface area contributed by atoms with Crippen molar-refractivity contribution >= 4 is 0 Å². The largest absolute Gasteiger partial charge is 0.490 e. The average Bonchev–Trinajstić information content (AvgIpc) is 2.76. The van der Waals surface area contributed by atoms with Gasteiger partial charge in [0.05, 0.1) is 5.69 Å². The van der Waals surface area contributed by atoms with Crippen molar-refractivity contribution in [2.75, 3.05) is 6.61 Å². The van der Waals surface area contributed by atoms with Crippen LogP contribution in [0.4, 0.5) is 0 Å². The molecule has 0 aliphatic carbocycles. The Morgan fingerprint density at radius 1 is 0.759 bits per heavy atom. The van der Waals surface area contributed by atoms with Crippen LogP contribution < -0.4 is 4.74 Å². The zero-order valence-corrected chi connectivity index (χ0v) is 18.5. The minimum Gasteiger partial charge on any atom is -0.490 e. The van der Waals surface area contributed by atoms with E-state index in [1.54, 1.807) is 0 Å². The van der Waals surface area contributed by atoms with Gasteiger partial charge < -0.3 is 4.74 Å². The molecule has 0 bridgehead atoms. The van der Waals surface area contributed by atoms with Gasteiger partial charge in [0.2, 0.25) is 0 Å². The first-order valence-corrected chi connectivity index (χ1v) is 11.7. The summed E-state index contributed by atoms with van der Waals surface area (Å²) in [4.78, 5) is 4.67. The van der Waals surface area contributed by atoms with Crippen molar-refractivity contribution in [1.29, 1.82) is 0 Å². The molecular weight excluding hydrogens is 354 g/mol. The summed E-state index contributed by atoms with van der Waals surface area (Å²) in [6.07, 6.45) is 20.5. The number of unbranched alkanes of at least 4 members (excludes halogenated alkanes) is 8.